The Hall–Kier alpha value is -2.13. The van der Waals surface area contributed by atoms with Crippen molar-refractivity contribution in [1.82, 2.24) is 0 Å². The van der Waals surface area contributed by atoms with Crippen molar-refractivity contribution in [3.05, 3.63) is 70.8 Å². The number of hydrogen-bond acceptors (Lipinski definition) is 2. The molecule has 0 aliphatic rings. The maximum absolute atomic E-state index is 11.7. The van der Waals surface area contributed by atoms with E-state index in [-0.39, 0.29) is 0 Å². The zero-order valence-electron chi connectivity index (χ0n) is 16.8. The summed E-state index contributed by atoms with van der Waals surface area (Å²) in [6.45, 7) is 7.55. The molecule has 2 aromatic carbocycles. The fourth-order valence-electron chi connectivity index (χ4n) is 3.53. The van der Waals surface area contributed by atoms with Crippen LogP contribution in [0.4, 0.5) is 0 Å². The molecule has 2 rings (SSSR count). The van der Waals surface area contributed by atoms with E-state index in [0.717, 1.165) is 30.4 Å². The molecule has 146 valence electrons. The van der Waals surface area contributed by atoms with Crippen LogP contribution >= 0.6 is 0 Å². The Balaban J connectivity index is 2.06. The predicted octanol–water partition coefficient (Wildman–Crippen LogP) is 5.61. The molecular formula is C24H32O3. The molecule has 0 aromatic heterocycles. The number of aliphatic carboxylic acids is 1. The van der Waals surface area contributed by atoms with Crippen molar-refractivity contribution >= 4 is 5.97 Å². The Morgan fingerprint density at radius 1 is 1.07 bits per heavy atom. The highest BCUT2D eigenvalue weighted by Gasteiger charge is 2.21. The van der Waals surface area contributed by atoms with Gasteiger partial charge in [-0.15, -0.1) is 0 Å². The van der Waals surface area contributed by atoms with E-state index in [1.807, 2.05) is 31.2 Å². The number of benzene rings is 2. The van der Waals surface area contributed by atoms with E-state index in [2.05, 4.69) is 38.1 Å². The lowest BCUT2D eigenvalue weighted by Gasteiger charge is -2.20. The van der Waals surface area contributed by atoms with Crippen LogP contribution in [0.3, 0.4) is 0 Å². The van der Waals surface area contributed by atoms with Crippen LogP contribution in [0.1, 0.15) is 61.8 Å². The van der Waals surface area contributed by atoms with Gasteiger partial charge >= 0.3 is 5.97 Å². The molecule has 0 radical (unpaired) electrons. The van der Waals surface area contributed by atoms with E-state index >= 15 is 0 Å². The molecule has 2 aromatic rings. The lowest BCUT2D eigenvalue weighted by molar-refractivity contribution is -0.138. The van der Waals surface area contributed by atoms with Crippen molar-refractivity contribution in [3.8, 4) is 0 Å². The summed E-state index contributed by atoms with van der Waals surface area (Å²) in [5.74, 6) is -0.848. The summed E-state index contributed by atoms with van der Waals surface area (Å²) in [5.41, 5.74) is 4.58. The van der Waals surface area contributed by atoms with E-state index < -0.39 is 11.9 Å². The molecule has 0 fully saturated rings. The van der Waals surface area contributed by atoms with Crippen LogP contribution in [0.2, 0.25) is 0 Å². The van der Waals surface area contributed by atoms with Gasteiger partial charge < -0.3 is 9.84 Å². The predicted molar refractivity (Wildman–Crippen MR) is 110 cm³/mol. The van der Waals surface area contributed by atoms with Crippen LogP contribution in [0.15, 0.2) is 48.5 Å². The summed E-state index contributed by atoms with van der Waals surface area (Å²) in [7, 11) is 0. The van der Waals surface area contributed by atoms with Crippen molar-refractivity contribution < 1.29 is 14.6 Å². The summed E-state index contributed by atoms with van der Waals surface area (Å²) in [4.78, 5) is 11.7. The standard InChI is InChI=1S/C24H32O3/c1-4-9-19-12-13-23(22(5-2)24(25)26)21(15-19)14-18(3)16-27-17-20-10-7-6-8-11-20/h6-8,10-13,15,18,22H,4-5,9,14,16-17H2,1-3H3,(H,25,26). The molecule has 3 heteroatoms. The molecule has 2 unspecified atom stereocenters. The SMILES string of the molecule is CCCc1ccc(C(CC)C(=O)O)c(CC(C)COCc2ccccc2)c1. The summed E-state index contributed by atoms with van der Waals surface area (Å²) in [5, 5.41) is 9.60. The Bertz CT molecular complexity index is 709. The van der Waals surface area contributed by atoms with Crippen molar-refractivity contribution in [1.29, 1.82) is 0 Å². The Morgan fingerprint density at radius 2 is 1.81 bits per heavy atom. The Kier molecular flexibility index (Phi) is 8.53. The molecule has 0 heterocycles. The van der Waals surface area contributed by atoms with Gasteiger partial charge in [-0.2, -0.15) is 0 Å². The molecule has 0 amide bonds. The normalized spacial score (nSPS) is 13.3. The number of hydrogen-bond donors (Lipinski definition) is 1. The second kappa shape index (κ2) is 10.9. The number of aryl methyl sites for hydroxylation is 1. The highest BCUT2D eigenvalue weighted by atomic mass is 16.5. The second-order valence-corrected chi connectivity index (χ2v) is 7.39. The van der Waals surface area contributed by atoms with Gasteiger partial charge in [-0.3, -0.25) is 4.79 Å². The van der Waals surface area contributed by atoms with Gasteiger partial charge in [0.25, 0.3) is 0 Å². The third kappa shape index (κ3) is 6.51. The smallest absolute Gasteiger partial charge is 0.310 e. The fraction of sp³-hybridized carbons (Fsp3) is 0.458. The monoisotopic (exact) mass is 368 g/mol. The molecular weight excluding hydrogens is 336 g/mol. The minimum absolute atomic E-state index is 0.329. The first-order valence-corrected chi connectivity index (χ1v) is 10.0. The van der Waals surface area contributed by atoms with Crippen molar-refractivity contribution in [2.24, 2.45) is 5.92 Å². The zero-order chi connectivity index (χ0) is 19.6. The lowest BCUT2D eigenvalue weighted by Crippen LogP contribution is -2.16. The van der Waals surface area contributed by atoms with Gasteiger partial charge in [0.05, 0.1) is 12.5 Å². The molecule has 0 bridgehead atoms. The first kappa shape index (κ1) is 21.2. The van der Waals surface area contributed by atoms with Gasteiger partial charge in [0.2, 0.25) is 0 Å². The van der Waals surface area contributed by atoms with Crippen LogP contribution in [-0.4, -0.2) is 17.7 Å². The van der Waals surface area contributed by atoms with Gasteiger partial charge in [0.15, 0.2) is 0 Å². The summed E-state index contributed by atoms with van der Waals surface area (Å²) >= 11 is 0. The van der Waals surface area contributed by atoms with Gasteiger partial charge in [0.1, 0.15) is 0 Å². The molecule has 2 atom stereocenters. The first-order chi connectivity index (χ1) is 13.0. The topological polar surface area (TPSA) is 46.5 Å². The zero-order valence-corrected chi connectivity index (χ0v) is 16.8. The van der Waals surface area contributed by atoms with E-state index in [0.29, 0.717) is 25.6 Å². The highest BCUT2D eigenvalue weighted by Crippen LogP contribution is 2.27. The number of ether oxygens (including phenoxy) is 1. The lowest BCUT2D eigenvalue weighted by atomic mass is 9.86. The summed E-state index contributed by atoms with van der Waals surface area (Å²) in [6, 6.07) is 16.5. The maximum Gasteiger partial charge on any atom is 0.310 e. The molecule has 3 nitrogen and oxygen atoms in total. The molecule has 0 spiro atoms. The fourth-order valence-corrected chi connectivity index (χ4v) is 3.53. The van der Waals surface area contributed by atoms with Crippen LogP contribution in [0.25, 0.3) is 0 Å². The second-order valence-electron chi connectivity index (χ2n) is 7.39. The number of carbonyl (C=O) groups is 1. The Labute approximate surface area is 163 Å². The summed E-state index contributed by atoms with van der Waals surface area (Å²) in [6.07, 6.45) is 3.56. The molecule has 0 saturated carbocycles. The maximum atomic E-state index is 11.7. The average molecular weight is 369 g/mol. The van der Waals surface area contributed by atoms with Gasteiger partial charge in [-0.05, 0) is 47.4 Å². The Morgan fingerprint density at radius 3 is 2.44 bits per heavy atom. The highest BCUT2D eigenvalue weighted by molar-refractivity contribution is 5.76. The van der Waals surface area contributed by atoms with Crippen LogP contribution in [-0.2, 0) is 29.0 Å². The van der Waals surface area contributed by atoms with E-state index in [4.69, 9.17) is 4.74 Å². The minimum atomic E-state index is -0.741. The van der Waals surface area contributed by atoms with Crippen LogP contribution in [0.5, 0.6) is 0 Å². The van der Waals surface area contributed by atoms with Crippen LogP contribution < -0.4 is 0 Å². The number of rotatable bonds is 11. The van der Waals surface area contributed by atoms with Crippen LogP contribution in [0, 0.1) is 5.92 Å². The number of carboxylic acid groups (broad SMARTS) is 1. The largest absolute Gasteiger partial charge is 0.481 e. The van der Waals surface area contributed by atoms with Gasteiger partial charge in [0, 0.05) is 6.61 Å². The third-order valence-electron chi connectivity index (χ3n) is 4.91. The minimum Gasteiger partial charge on any atom is -0.481 e. The third-order valence-corrected chi connectivity index (χ3v) is 4.91. The van der Waals surface area contributed by atoms with E-state index in [9.17, 15) is 9.90 Å². The average Bonchev–Trinajstić information content (AvgIpc) is 2.65. The molecule has 27 heavy (non-hydrogen) atoms. The van der Waals surface area contributed by atoms with Crippen molar-refractivity contribution in [2.45, 2.75) is 59.0 Å². The quantitative estimate of drug-likeness (QED) is 0.560. The molecule has 0 saturated heterocycles. The van der Waals surface area contributed by atoms with Crippen molar-refractivity contribution in [2.75, 3.05) is 6.61 Å². The summed E-state index contributed by atoms with van der Waals surface area (Å²) < 4.78 is 5.89. The van der Waals surface area contributed by atoms with Gasteiger partial charge in [-0.25, -0.2) is 0 Å². The van der Waals surface area contributed by atoms with E-state index in [1.165, 1.54) is 11.1 Å². The molecule has 0 aliphatic carbocycles. The number of carboxylic acids is 1. The van der Waals surface area contributed by atoms with Gasteiger partial charge in [-0.1, -0.05) is 75.7 Å². The first-order valence-electron chi connectivity index (χ1n) is 10.0. The molecule has 1 N–H and O–H groups in total. The van der Waals surface area contributed by atoms with Crippen molar-refractivity contribution in [3.63, 3.8) is 0 Å². The van der Waals surface area contributed by atoms with E-state index in [1.54, 1.807) is 0 Å². The molecule has 0 aliphatic heterocycles.